The van der Waals surface area contributed by atoms with Gasteiger partial charge in [-0.3, -0.25) is 0 Å². The van der Waals surface area contributed by atoms with Crippen molar-refractivity contribution in [3.63, 3.8) is 0 Å². The number of hydrogen-bond donors (Lipinski definition) is 1. The van der Waals surface area contributed by atoms with Gasteiger partial charge in [-0.15, -0.1) is 0 Å². The van der Waals surface area contributed by atoms with Gasteiger partial charge in [-0.2, -0.15) is 0 Å². The van der Waals surface area contributed by atoms with E-state index >= 15 is 0 Å². The summed E-state index contributed by atoms with van der Waals surface area (Å²) >= 11 is 3.47. The summed E-state index contributed by atoms with van der Waals surface area (Å²) in [5.41, 5.74) is 8.64. The summed E-state index contributed by atoms with van der Waals surface area (Å²) in [7, 11) is 1.93. The summed E-state index contributed by atoms with van der Waals surface area (Å²) < 4.78 is 14.3. The molecule has 0 unspecified atom stereocenters. The van der Waals surface area contributed by atoms with Crippen molar-refractivity contribution in [1.82, 2.24) is 0 Å². The molecule has 0 aliphatic carbocycles. The summed E-state index contributed by atoms with van der Waals surface area (Å²) in [5, 5.41) is 0. The van der Waals surface area contributed by atoms with Crippen LogP contribution >= 0.6 is 15.9 Å². The minimum absolute atomic E-state index is 0.236. The van der Waals surface area contributed by atoms with Crippen LogP contribution in [0.5, 0.6) is 0 Å². The molecule has 4 heteroatoms. The molecule has 0 aliphatic rings. The highest BCUT2D eigenvalue weighted by atomic mass is 79.9. The van der Waals surface area contributed by atoms with Gasteiger partial charge in [-0.25, -0.2) is 4.39 Å². The normalized spacial score (nSPS) is 10.5. The van der Waals surface area contributed by atoms with Gasteiger partial charge in [0.25, 0.3) is 0 Å². The van der Waals surface area contributed by atoms with Gasteiger partial charge < -0.3 is 10.6 Å². The largest absolute Gasteiger partial charge is 0.344 e. The molecular formula is C15H16BrFN2. The third-order valence-electron chi connectivity index (χ3n) is 3.02. The molecule has 0 atom stereocenters. The second-order valence-corrected chi connectivity index (χ2v) is 5.27. The third kappa shape index (κ3) is 3.33. The molecule has 0 saturated carbocycles. The second-order valence-electron chi connectivity index (χ2n) is 4.35. The van der Waals surface area contributed by atoms with Crippen LogP contribution in [-0.4, -0.2) is 13.6 Å². The highest BCUT2D eigenvalue weighted by Gasteiger charge is 2.10. The highest BCUT2D eigenvalue weighted by molar-refractivity contribution is 9.10. The van der Waals surface area contributed by atoms with Crippen molar-refractivity contribution in [1.29, 1.82) is 0 Å². The molecule has 0 radical (unpaired) electrons. The smallest absolute Gasteiger partial charge is 0.125 e. The van der Waals surface area contributed by atoms with Crippen molar-refractivity contribution in [3.8, 4) is 0 Å². The molecule has 0 aromatic heterocycles. The van der Waals surface area contributed by atoms with E-state index in [0.29, 0.717) is 6.54 Å². The maximum Gasteiger partial charge on any atom is 0.125 e. The zero-order valence-corrected chi connectivity index (χ0v) is 12.3. The summed E-state index contributed by atoms with van der Waals surface area (Å²) in [5.74, 6) is -0.236. The Kier molecular flexibility index (Phi) is 4.56. The minimum atomic E-state index is -0.236. The maximum atomic E-state index is 13.3. The first kappa shape index (κ1) is 14.0. The quantitative estimate of drug-likeness (QED) is 0.926. The topological polar surface area (TPSA) is 29.3 Å². The van der Waals surface area contributed by atoms with Gasteiger partial charge in [-0.1, -0.05) is 28.1 Å². The Morgan fingerprint density at radius 3 is 2.68 bits per heavy atom. The highest BCUT2D eigenvalue weighted by Crippen LogP contribution is 2.30. The fourth-order valence-electron chi connectivity index (χ4n) is 2.04. The SMILES string of the molecule is CN(c1cccc(F)c1)c1cc(Br)ccc1CCN. The number of nitrogens with two attached hydrogens (primary N) is 1. The van der Waals surface area contributed by atoms with E-state index in [1.54, 1.807) is 6.07 Å². The zero-order valence-electron chi connectivity index (χ0n) is 10.7. The van der Waals surface area contributed by atoms with Gasteiger partial charge in [-0.05, 0) is 48.9 Å². The van der Waals surface area contributed by atoms with Crippen molar-refractivity contribution in [2.75, 3.05) is 18.5 Å². The Morgan fingerprint density at radius 2 is 2.00 bits per heavy atom. The van der Waals surface area contributed by atoms with Crippen molar-refractivity contribution >= 4 is 27.3 Å². The van der Waals surface area contributed by atoms with E-state index in [9.17, 15) is 4.39 Å². The fraction of sp³-hybridized carbons (Fsp3) is 0.200. The molecule has 100 valence electrons. The number of halogens is 2. The lowest BCUT2D eigenvalue weighted by Crippen LogP contribution is -2.14. The van der Waals surface area contributed by atoms with Crippen molar-refractivity contribution in [2.24, 2.45) is 5.73 Å². The van der Waals surface area contributed by atoms with Crippen LogP contribution in [0, 0.1) is 5.82 Å². The molecule has 0 aliphatic heterocycles. The van der Waals surface area contributed by atoms with Gasteiger partial charge >= 0.3 is 0 Å². The van der Waals surface area contributed by atoms with Crippen LogP contribution in [-0.2, 0) is 6.42 Å². The molecule has 0 heterocycles. The van der Waals surface area contributed by atoms with E-state index in [4.69, 9.17) is 5.73 Å². The van der Waals surface area contributed by atoms with Crippen molar-refractivity contribution in [3.05, 3.63) is 58.3 Å². The van der Waals surface area contributed by atoms with Gasteiger partial charge in [0.2, 0.25) is 0 Å². The van der Waals surface area contributed by atoms with E-state index in [-0.39, 0.29) is 5.82 Å². The molecule has 0 spiro atoms. The molecule has 0 saturated heterocycles. The fourth-order valence-corrected chi connectivity index (χ4v) is 2.39. The van der Waals surface area contributed by atoms with E-state index in [0.717, 1.165) is 27.8 Å². The van der Waals surface area contributed by atoms with Gasteiger partial charge in [0.05, 0.1) is 0 Å². The first-order valence-electron chi connectivity index (χ1n) is 6.09. The Labute approximate surface area is 121 Å². The molecular weight excluding hydrogens is 307 g/mol. The van der Waals surface area contributed by atoms with Crippen molar-refractivity contribution < 1.29 is 4.39 Å². The molecule has 0 amide bonds. The van der Waals surface area contributed by atoms with Crippen LogP contribution in [0.1, 0.15) is 5.56 Å². The number of anilines is 2. The van der Waals surface area contributed by atoms with Crippen LogP contribution in [0.15, 0.2) is 46.9 Å². The number of hydrogen-bond acceptors (Lipinski definition) is 2. The summed E-state index contributed by atoms with van der Waals surface area (Å²) in [6.07, 6.45) is 0.794. The Bertz CT molecular complexity index is 572. The Hall–Kier alpha value is -1.39. The lowest BCUT2D eigenvalue weighted by atomic mass is 10.1. The van der Waals surface area contributed by atoms with Gasteiger partial charge in [0.1, 0.15) is 5.82 Å². The first-order chi connectivity index (χ1) is 9.11. The van der Waals surface area contributed by atoms with Crippen LogP contribution in [0.25, 0.3) is 0 Å². The predicted octanol–water partition coefficient (Wildman–Crippen LogP) is 3.86. The van der Waals surface area contributed by atoms with E-state index in [1.165, 1.54) is 12.1 Å². The zero-order chi connectivity index (χ0) is 13.8. The molecule has 2 rings (SSSR count). The third-order valence-corrected chi connectivity index (χ3v) is 3.51. The summed E-state index contributed by atoms with van der Waals surface area (Å²) in [6.45, 7) is 0.589. The van der Waals surface area contributed by atoms with Gasteiger partial charge in [0, 0.05) is 22.9 Å². The molecule has 0 bridgehead atoms. The van der Waals surface area contributed by atoms with Crippen LogP contribution in [0.4, 0.5) is 15.8 Å². The van der Waals surface area contributed by atoms with E-state index in [1.807, 2.05) is 36.2 Å². The average molecular weight is 323 g/mol. The number of benzene rings is 2. The lowest BCUT2D eigenvalue weighted by Gasteiger charge is -2.23. The second kappa shape index (κ2) is 6.17. The van der Waals surface area contributed by atoms with Crippen LogP contribution in [0.2, 0.25) is 0 Å². The number of nitrogens with zero attached hydrogens (tertiary/aromatic N) is 1. The Balaban J connectivity index is 2.42. The monoisotopic (exact) mass is 322 g/mol. The molecule has 2 aromatic carbocycles. The Morgan fingerprint density at radius 1 is 1.21 bits per heavy atom. The average Bonchev–Trinajstić information content (AvgIpc) is 2.40. The van der Waals surface area contributed by atoms with Crippen LogP contribution in [0.3, 0.4) is 0 Å². The first-order valence-corrected chi connectivity index (χ1v) is 6.89. The molecule has 2 nitrogen and oxygen atoms in total. The van der Waals surface area contributed by atoms with Gasteiger partial charge in [0.15, 0.2) is 0 Å². The standard InChI is InChI=1S/C15H16BrFN2/c1-19(14-4-2-3-13(17)10-14)15-9-12(16)6-5-11(15)7-8-18/h2-6,9-10H,7-8,18H2,1H3. The van der Waals surface area contributed by atoms with Crippen molar-refractivity contribution in [2.45, 2.75) is 6.42 Å². The molecule has 2 aromatic rings. The summed E-state index contributed by atoms with van der Waals surface area (Å²) in [4.78, 5) is 1.97. The predicted molar refractivity (Wildman–Crippen MR) is 81.4 cm³/mol. The maximum absolute atomic E-state index is 13.3. The minimum Gasteiger partial charge on any atom is -0.344 e. The molecule has 19 heavy (non-hydrogen) atoms. The number of rotatable bonds is 4. The molecule has 0 fully saturated rings. The van der Waals surface area contributed by atoms with E-state index in [2.05, 4.69) is 15.9 Å². The lowest BCUT2D eigenvalue weighted by molar-refractivity contribution is 0.628. The van der Waals surface area contributed by atoms with Crippen LogP contribution < -0.4 is 10.6 Å². The summed E-state index contributed by atoms with van der Waals surface area (Å²) in [6, 6.07) is 12.6. The van der Waals surface area contributed by atoms with E-state index < -0.39 is 0 Å². The molecule has 2 N–H and O–H groups in total.